The Bertz CT molecular complexity index is 460. The molecule has 0 saturated carbocycles. The lowest BCUT2D eigenvalue weighted by atomic mass is 10.1. The summed E-state index contributed by atoms with van der Waals surface area (Å²) >= 11 is 0. The first-order chi connectivity index (χ1) is 9.54. The number of carboxylic acids is 1. The molecule has 1 unspecified atom stereocenters. The standard InChI is InChI=1S/C15H22N2O3/c1-3-4-5-6-8-11(2)16-14(18)12-9-7-10-13(17-12)15(19)20/h7,9-11H,3-6,8H2,1-2H3,(H,16,18)(H,19,20). The second kappa shape index (κ2) is 8.30. The van der Waals surface area contributed by atoms with Crippen molar-refractivity contribution in [1.82, 2.24) is 10.3 Å². The van der Waals surface area contributed by atoms with Crippen molar-refractivity contribution in [2.75, 3.05) is 0 Å². The zero-order chi connectivity index (χ0) is 15.0. The fourth-order valence-corrected chi connectivity index (χ4v) is 1.93. The zero-order valence-corrected chi connectivity index (χ0v) is 12.1. The highest BCUT2D eigenvalue weighted by atomic mass is 16.4. The van der Waals surface area contributed by atoms with E-state index in [4.69, 9.17) is 5.11 Å². The number of carboxylic acid groups (broad SMARTS) is 1. The third-order valence-corrected chi connectivity index (χ3v) is 3.07. The van der Waals surface area contributed by atoms with Crippen molar-refractivity contribution in [2.24, 2.45) is 0 Å². The van der Waals surface area contributed by atoms with E-state index in [2.05, 4.69) is 17.2 Å². The summed E-state index contributed by atoms with van der Waals surface area (Å²) in [5.74, 6) is -1.46. The predicted octanol–water partition coefficient (Wildman–Crippen LogP) is 2.87. The fraction of sp³-hybridized carbons (Fsp3) is 0.533. The van der Waals surface area contributed by atoms with Gasteiger partial charge in [0.25, 0.3) is 5.91 Å². The first-order valence-electron chi connectivity index (χ1n) is 7.05. The van der Waals surface area contributed by atoms with Crippen LogP contribution in [0.15, 0.2) is 18.2 Å². The van der Waals surface area contributed by atoms with Crippen LogP contribution in [-0.4, -0.2) is 28.0 Å². The maximum atomic E-state index is 12.0. The maximum Gasteiger partial charge on any atom is 0.354 e. The Balaban J connectivity index is 2.49. The Morgan fingerprint density at radius 3 is 2.60 bits per heavy atom. The summed E-state index contributed by atoms with van der Waals surface area (Å²) in [6, 6.07) is 4.48. The molecule has 0 bridgehead atoms. The SMILES string of the molecule is CCCCCCC(C)NC(=O)c1cccc(C(=O)O)n1. The molecule has 5 heteroatoms. The molecule has 1 aromatic rings. The number of pyridine rings is 1. The summed E-state index contributed by atoms with van der Waals surface area (Å²) in [4.78, 5) is 26.6. The Labute approximate surface area is 119 Å². The van der Waals surface area contributed by atoms with Crippen LogP contribution in [0.3, 0.4) is 0 Å². The Hall–Kier alpha value is -1.91. The van der Waals surface area contributed by atoms with E-state index in [-0.39, 0.29) is 23.3 Å². The molecule has 0 spiro atoms. The molecule has 0 fully saturated rings. The quantitative estimate of drug-likeness (QED) is 0.717. The van der Waals surface area contributed by atoms with E-state index in [0.717, 1.165) is 12.8 Å². The number of rotatable bonds is 8. The van der Waals surface area contributed by atoms with Crippen LogP contribution in [0.4, 0.5) is 0 Å². The highest BCUT2D eigenvalue weighted by molar-refractivity contribution is 5.94. The van der Waals surface area contributed by atoms with Gasteiger partial charge in [0.1, 0.15) is 11.4 Å². The number of carbonyl (C=O) groups excluding carboxylic acids is 1. The minimum atomic E-state index is -1.13. The number of carbonyl (C=O) groups is 2. The molecule has 1 rings (SSSR count). The largest absolute Gasteiger partial charge is 0.477 e. The molecular weight excluding hydrogens is 256 g/mol. The summed E-state index contributed by atoms with van der Waals surface area (Å²) in [6.07, 6.45) is 5.57. The number of aromatic nitrogens is 1. The molecule has 0 aliphatic carbocycles. The van der Waals surface area contributed by atoms with Gasteiger partial charge in [0.2, 0.25) is 0 Å². The third kappa shape index (κ3) is 5.38. The van der Waals surface area contributed by atoms with Crippen LogP contribution < -0.4 is 5.32 Å². The van der Waals surface area contributed by atoms with Crippen molar-refractivity contribution in [2.45, 2.75) is 52.0 Å². The average Bonchev–Trinajstić information content (AvgIpc) is 2.43. The van der Waals surface area contributed by atoms with Crippen LogP contribution >= 0.6 is 0 Å². The van der Waals surface area contributed by atoms with E-state index in [9.17, 15) is 9.59 Å². The van der Waals surface area contributed by atoms with Crippen LogP contribution in [0.1, 0.15) is 66.9 Å². The van der Waals surface area contributed by atoms with Crippen molar-refractivity contribution >= 4 is 11.9 Å². The zero-order valence-electron chi connectivity index (χ0n) is 12.1. The summed E-state index contributed by atoms with van der Waals surface area (Å²) in [5, 5.41) is 11.7. The topological polar surface area (TPSA) is 79.3 Å². The summed E-state index contributed by atoms with van der Waals surface area (Å²) < 4.78 is 0. The lowest BCUT2D eigenvalue weighted by molar-refractivity contribution is 0.0690. The fourth-order valence-electron chi connectivity index (χ4n) is 1.93. The summed E-state index contributed by atoms with van der Waals surface area (Å²) in [6.45, 7) is 4.11. The van der Waals surface area contributed by atoms with Crippen molar-refractivity contribution < 1.29 is 14.7 Å². The first-order valence-corrected chi connectivity index (χ1v) is 7.05. The van der Waals surface area contributed by atoms with Crippen LogP contribution in [0.25, 0.3) is 0 Å². The lowest BCUT2D eigenvalue weighted by Gasteiger charge is -2.13. The van der Waals surface area contributed by atoms with Crippen molar-refractivity contribution in [1.29, 1.82) is 0 Å². The molecule has 0 aliphatic rings. The van der Waals surface area contributed by atoms with E-state index in [1.807, 2.05) is 6.92 Å². The van der Waals surface area contributed by atoms with E-state index in [1.54, 1.807) is 0 Å². The van der Waals surface area contributed by atoms with Crippen LogP contribution in [0.2, 0.25) is 0 Å². The molecule has 20 heavy (non-hydrogen) atoms. The van der Waals surface area contributed by atoms with Crippen molar-refractivity contribution in [3.8, 4) is 0 Å². The van der Waals surface area contributed by atoms with E-state index in [1.165, 1.54) is 37.5 Å². The van der Waals surface area contributed by atoms with Crippen LogP contribution in [-0.2, 0) is 0 Å². The molecule has 1 heterocycles. The van der Waals surface area contributed by atoms with Gasteiger partial charge in [0, 0.05) is 6.04 Å². The molecule has 1 atom stereocenters. The highest BCUT2D eigenvalue weighted by Gasteiger charge is 2.13. The Morgan fingerprint density at radius 2 is 1.95 bits per heavy atom. The van der Waals surface area contributed by atoms with E-state index < -0.39 is 5.97 Å². The lowest BCUT2D eigenvalue weighted by Crippen LogP contribution is -2.33. The molecule has 110 valence electrons. The summed E-state index contributed by atoms with van der Waals surface area (Å²) in [5.41, 5.74) is 0.0264. The number of hydrogen-bond donors (Lipinski definition) is 2. The molecule has 0 saturated heterocycles. The second-order valence-corrected chi connectivity index (χ2v) is 4.94. The van der Waals surface area contributed by atoms with Crippen molar-refractivity contribution in [3.05, 3.63) is 29.6 Å². The average molecular weight is 278 g/mol. The number of hydrogen-bond acceptors (Lipinski definition) is 3. The smallest absolute Gasteiger partial charge is 0.354 e. The third-order valence-electron chi connectivity index (χ3n) is 3.07. The number of nitrogens with zero attached hydrogens (tertiary/aromatic N) is 1. The first kappa shape index (κ1) is 16.1. The molecule has 0 radical (unpaired) electrons. The van der Waals surface area contributed by atoms with Crippen molar-refractivity contribution in [3.63, 3.8) is 0 Å². The van der Waals surface area contributed by atoms with Gasteiger partial charge < -0.3 is 10.4 Å². The molecule has 1 amide bonds. The minimum Gasteiger partial charge on any atom is -0.477 e. The van der Waals surface area contributed by atoms with Gasteiger partial charge >= 0.3 is 5.97 Å². The summed E-state index contributed by atoms with van der Waals surface area (Å²) in [7, 11) is 0. The van der Waals surface area contributed by atoms with Gasteiger partial charge in [-0.15, -0.1) is 0 Å². The molecular formula is C15H22N2O3. The van der Waals surface area contributed by atoms with Gasteiger partial charge in [-0.1, -0.05) is 38.7 Å². The van der Waals surface area contributed by atoms with Gasteiger partial charge in [-0.05, 0) is 25.5 Å². The van der Waals surface area contributed by atoms with Crippen LogP contribution in [0, 0.1) is 0 Å². The maximum absolute atomic E-state index is 12.0. The molecule has 5 nitrogen and oxygen atoms in total. The van der Waals surface area contributed by atoms with Gasteiger partial charge in [0.05, 0.1) is 0 Å². The normalized spacial score (nSPS) is 11.9. The van der Waals surface area contributed by atoms with E-state index in [0.29, 0.717) is 0 Å². The van der Waals surface area contributed by atoms with Gasteiger partial charge in [-0.2, -0.15) is 0 Å². The second-order valence-electron chi connectivity index (χ2n) is 4.94. The predicted molar refractivity (Wildman–Crippen MR) is 76.9 cm³/mol. The monoisotopic (exact) mass is 278 g/mol. The van der Waals surface area contributed by atoms with Gasteiger partial charge in [-0.25, -0.2) is 9.78 Å². The number of aromatic carboxylic acids is 1. The molecule has 0 aromatic carbocycles. The number of unbranched alkanes of at least 4 members (excludes halogenated alkanes) is 3. The number of amides is 1. The molecule has 0 aliphatic heterocycles. The molecule has 2 N–H and O–H groups in total. The van der Waals surface area contributed by atoms with Gasteiger partial charge in [-0.3, -0.25) is 4.79 Å². The Kier molecular flexibility index (Phi) is 6.70. The minimum absolute atomic E-state index is 0.0645. The van der Waals surface area contributed by atoms with Crippen LogP contribution in [0.5, 0.6) is 0 Å². The van der Waals surface area contributed by atoms with Gasteiger partial charge in [0.15, 0.2) is 0 Å². The molecule has 1 aromatic heterocycles. The Morgan fingerprint density at radius 1 is 1.25 bits per heavy atom. The highest BCUT2D eigenvalue weighted by Crippen LogP contribution is 2.06. The number of nitrogens with one attached hydrogen (secondary N) is 1. The van der Waals surface area contributed by atoms with E-state index >= 15 is 0 Å².